The number of amides is 1. The maximum Gasteiger partial charge on any atom is 0.251 e. The van der Waals surface area contributed by atoms with E-state index in [9.17, 15) is 13.2 Å². The van der Waals surface area contributed by atoms with Gasteiger partial charge in [0.15, 0.2) is 0 Å². The largest absolute Gasteiger partial charge is 0.469 e. The van der Waals surface area contributed by atoms with Crippen LogP contribution in [0.25, 0.3) is 0 Å². The fraction of sp³-hybridized carbons (Fsp3) is 0.267. The minimum Gasteiger partial charge on any atom is -0.469 e. The van der Waals surface area contributed by atoms with Crippen molar-refractivity contribution in [3.05, 3.63) is 54.0 Å². The molecule has 1 aromatic heterocycles. The molecule has 7 heteroatoms. The summed E-state index contributed by atoms with van der Waals surface area (Å²) < 4.78 is 31.0. The molecule has 0 aliphatic heterocycles. The minimum atomic E-state index is -3.57. The van der Waals surface area contributed by atoms with Crippen LogP contribution in [0.3, 0.4) is 0 Å². The van der Waals surface area contributed by atoms with Crippen molar-refractivity contribution in [3.63, 3.8) is 0 Å². The molecule has 1 heterocycles. The Morgan fingerprint density at radius 1 is 1.27 bits per heavy atom. The van der Waals surface area contributed by atoms with Gasteiger partial charge in [0.1, 0.15) is 5.76 Å². The molecule has 0 spiro atoms. The minimum absolute atomic E-state index is 0.0568. The van der Waals surface area contributed by atoms with Gasteiger partial charge >= 0.3 is 0 Å². The molecule has 0 saturated carbocycles. The molecule has 118 valence electrons. The SMILES string of the molecule is CNS(=O)(=O)c1cccc(C(=O)NC(C)Cc2ccco2)c1. The Hall–Kier alpha value is -2.12. The topological polar surface area (TPSA) is 88.4 Å². The highest BCUT2D eigenvalue weighted by Crippen LogP contribution is 2.12. The normalized spacial score (nSPS) is 12.8. The van der Waals surface area contributed by atoms with E-state index in [1.54, 1.807) is 18.4 Å². The molecule has 2 aromatic rings. The van der Waals surface area contributed by atoms with Gasteiger partial charge in [0.2, 0.25) is 10.0 Å². The third-order valence-electron chi connectivity index (χ3n) is 3.14. The van der Waals surface area contributed by atoms with Crippen molar-refractivity contribution in [2.24, 2.45) is 0 Å². The maximum absolute atomic E-state index is 12.2. The average molecular weight is 322 g/mol. The predicted molar refractivity (Wildman–Crippen MR) is 82.0 cm³/mol. The Bertz CT molecular complexity index is 739. The van der Waals surface area contributed by atoms with Gasteiger partial charge in [-0.2, -0.15) is 0 Å². The van der Waals surface area contributed by atoms with Gasteiger partial charge in [0.05, 0.1) is 11.2 Å². The Kier molecular flexibility index (Phi) is 4.99. The van der Waals surface area contributed by atoms with E-state index in [0.29, 0.717) is 12.0 Å². The molecule has 1 atom stereocenters. The first-order chi connectivity index (χ1) is 10.4. The molecule has 1 amide bonds. The molecule has 0 aliphatic carbocycles. The standard InChI is InChI=1S/C15H18N2O4S/c1-11(9-13-6-4-8-21-13)17-15(18)12-5-3-7-14(10-12)22(19,20)16-2/h3-8,10-11,16H,9H2,1-2H3,(H,17,18). The van der Waals surface area contributed by atoms with Crippen LogP contribution >= 0.6 is 0 Å². The van der Waals surface area contributed by atoms with Crippen molar-refractivity contribution in [1.29, 1.82) is 0 Å². The first-order valence-electron chi connectivity index (χ1n) is 6.79. The van der Waals surface area contributed by atoms with Gasteiger partial charge in [0.25, 0.3) is 5.91 Å². The summed E-state index contributed by atoms with van der Waals surface area (Å²) in [7, 11) is -2.24. The summed E-state index contributed by atoms with van der Waals surface area (Å²) >= 11 is 0. The van der Waals surface area contributed by atoms with Gasteiger partial charge in [-0.25, -0.2) is 13.1 Å². The highest BCUT2D eigenvalue weighted by molar-refractivity contribution is 7.89. The lowest BCUT2D eigenvalue weighted by molar-refractivity contribution is 0.0939. The van der Waals surface area contributed by atoms with E-state index in [2.05, 4.69) is 10.0 Å². The van der Waals surface area contributed by atoms with Crippen molar-refractivity contribution < 1.29 is 17.6 Å². The summed E-state index contributed by atoms with van der Waals surface area (Å²) in [6.45, 7) is 1.86. The van der Waals surface area contributed by atoms with Crippen LogP contribution in [0.2, 0.25) is 0 Å². The number of hydrogen-bond donors (Lipinski definition) is 2. The molecule has 1 aromatic carbocycles. The zero-order chi connectivity index (χ0) is 16.2. The molecular formula is C15H18N2O4S. The van der Waals surface area contributed by atoms with Gasteiger partial charge in [0, 0.05) is 18.0 Å². The molecule has 0 aliphatic rings. The number of sulfonamides is 1. The molecule has 0 radical (unpaired) electrons. The maximum atomic E-state index is 12.2. The monoisotopic (exact) mass is 322 g/mol. The van der Waals surface area contributed by atoms with E-state index in [4.69, 9.17) is 4.42 Å². The lowest BCUT2D eigenvalue weighted by Gasteiger charge is -2.13. The smallest absolute Gasteiger partial charge is 0.251 e. The number of carbonyl (C=O) groups is 1. The fourth-order valence-corrected chi connectivity index (χ4v) is 2.79. The summed E-state index contributed by atoms with van der Waals surface area (Å²) in [6, 6.07) is 9.39. The van der Waals surface area contributed by atoms with Crippen molar-refractivity contribution in [2.75, 3.05) is 7.05 Å². The molecule has 1 unspecified atom stereocenters. The van der Waals surface area contributed by atoms with Crippen LogP contribution in [0.1, 0.15) is 23.0 Å². The van der Waals surface area contributed by atoms with E-state index in [-0.39, 0.29) is 16.8 Å². The first-order valence-corrected chi connectivity index (χ1v) is 8.27. The Morgan fingerprint density at radius 3 is 2.68 bits per heavy atom. The highest BCUT2D eigenvalue weighted by Gasteiger charge is 2.16. The van der Waals surface area contributed by atoms with Crippen LogP contribution in [-0.4, -0.2) is 27.4 Å². The van der Waals surface area contributed by atoms with Gasteiger partial charge in [-0.15, -0.1) is 0 Å². The van der Waals surface area contributed by atoms with Gasteiger partial charge < -0.3 is 9.73 Å². The van der Waals surface area contributed by atoms with E-state index >= 15 is 0 Å². The van der Waals surface area contributed by atoms with Crippen LogP contribution < -0.4 is 10.0 Å². The summed E-state index contributed by atoms with van der Waals surface area (Å²) in [5, 5.41) is 2.82. The van der Waals surface area contributed by atoms with Crippen LogP contribution in [0.5, 0.6) is 0 Å². The quantitative estimate of drug-likeness (QED) is 0.844. The molecule has 0 bridgehead atoms. The second kappa shape index (κ2) is 6.76. The van der Waals surface area contributed by atoms with E-state index in [1.807, 2.05) is 13.0 Å². The second-order valence-electron chi connectivity index (χ2n) is 4.89. The number of nitrogens with one attached hydrogen (secondary N) is 2. The number of furan rings is 1. The molecule has 0 fully saturated rings. The van der Waals surface area contributed by atoms with Gasteiger partial charge in [-0.1, -0.05) is 6.07 Å². The lowest BCUT2D eigenvalue weighted by atomic mass is 10.1. The van der Waals surface area contributed by atoms with Gasteiger partial charge in [-0.3, -0.25) is 4.79 Å². The van der Waals surface area contributed by atoms with Crippen molar-refractivity contribution in [3.8, 4) is 0 Å². The third-order valence-corrected chi connectivity index (χ3v) is 4.55. The molecular weight excluding hydrogens is 304 g/mol. The highest BCUT2D eigenvalue weighted by atomic mass is 32.2. The van der Waals surface area contributed by atoms with Crippen LogP contribution in [0, 0.1) is 0 Å². The lowest BCUT2D eigenvalue weighted by Crippen LogP contribution is -2.34. The number of benzene rings is 1. The van der Waals surface area contributed by atoms with Crippen LogP contribution in [-0.2, 0) is 16.4 Å². The summed E-state index contributed by atoms with van der Waals surface area (Å²) in [4.78, 5) is 12.3. The molecule has 6 nitrogen and oxygen atoms in total. The van der Waals surface area contributed by atoms with Gasteiger partial charge in [-0.05, 0) is 44.3 Å². The third kappa shape index (κ3) is 3.96. The summed E-state index contributed by atoms with van der Waals surface area (Å²) in [5.41, 5.74) is 0.294. The Labute approximate surface area is 129 Å². The number of hydrogen-bond acceptors (Lipinski definition) is 4. The summed E-state index contributed by atoms with van der Waals surface area (Å²) in [5.74, 6) is 0.450. The molecule has 2 N–H and O–H groups in total. The van der Waals surface area contributed by atoms with Crippen LogP contribution in [0.15, 0.2) is 52.0 Å². The zero-order valence-corrected chi connectivity index (χ0v) is 13.2. The average Bonchev–Trinajstić information content (AvgIpc) is 3.00. The van der Waals surface area contributed by atoms with Crippen molar-refractivity contribution >= 4 is 15.9 Å². The zero-order valence-electron chi connectivity index (χ0n) is 12.4. The Morgan fingerprint density at radius 2 is 2.05 bits per heavy atom. The second-order valence-corrected chi connectivity index (χ2v) is 6.78. The van der Waals surface area contributed by atoms with Crippen molar-refractivity contribution in [2.45, 2.75) is 24.3 Å². The number of rotatable bonds is 6. The van der Waals surface area contributed by atoms with Crippen molar-refractivity contribution in [1.82, 2.24) is 10.0 Å². The van der Waals surface area contributed by atoms with E-state index < -0.39 is 10.0 Å². The van der Waals surface area contributed by atoms with Crippen LogP contribution in [0.4, 0.5) is 0 Å². The molecule has 2 rings (SSSR count). The predicted octanol–water partition coefficient (Wildman–Crippen LogP) is 1.55. The fourth-order valence-electron chi connectivity index (χ4n) is 2.01. The summed E-state index contributed by atoms with van der Waals surface area (Å²) in [6.07, 6.45) is 2.14. The Balaban J connectivity index is 2.08. The number of carbonyl (C=O) groups excluding carboxylic acids is 1. The van der Waals surface area contributed by atoms with E-state index in [1.165, 1.54) is 25.2 Å². The molecule has 22 heavy (non-hydrogen) atoms. The van der Waals surface area contributed by atoms with E-state index in [0.717, 1.165) is 5.76 Å². The first kappa shape index (κ1) is 16.3. The molecule has 0 saturated heterocycles.